The molecule has 60 valence electrons. The molecule has 0 aliphatic heterocycles. The van der Waals surface area contributed by atoms with Crippen molar-refractivity contribution in [3.8, 4) is 0 Å². The number of anilines is 1. The van der Waals surface area contributed by atoms with Crippen molar-refractivity contribution in [2.75, 3.05) is 5.54 Å². The Bertz CT molecular complexity index is 398. The van der Waals surface area contributed by atoms with Crippen LogP contribution in [0.4, 0.5) is 10.2 Å². The molecule has 1 nitrogen and oxygen atoms in total. The van der Waals surface area contributed by atoms with Crippen molar-refractivity contribution in [2.24, 2.45) is 0 Å². The van der Waals surface area contributed by atoms with Crippen LogP contribution in [-0.2, 0) is 0 Å². The van der Waals surface area contributed by atoms with E-state index in [1.165, 1.54) is 0 Å². The van der Waals surface area contributed by atoms with E-state index in [-0.39, 0.29) is 0 Å². The van der Waals surface area contributed by atoms with Gasteiger partial charge < -0.3 is 0 Å². The van der Waals surface area contributed by atoms with Crippen LogP contribution in [0.5, 0.6) is 0 Å². The van der Waals surface area contributed by atoms with E-state index < -0.39 is 0 Å². The molecule has 0 aliphatic carbocycles. The van der Waals surface area contributed by atoms with Gasteiger partial charge in [-0.1, -0.05) is 30.3 Å². The Kier molecular flexibility index (Phi) is 1.67. The summed E-state index contributed by atoms with van der Waals surface area (Å²) in [4.78, 5) is 0. The van der Waals surface area contributed by atoms with Gasteiger partial charge in [-0.15, -0.1) is 4.48 Å². The average molecular weight is 161 g/mol. The molecule has 2 aromatic carbocycles. The van der Waals surface area contributed by atoms with Crippen LogP contribution < -0.4 is 5.54 Å². The Morgan fingerprint density at radius 1 is 0.917 bits per heavy atom. The van der Waals surface area contributed by atoms with E-state index >= 15 is 0 Å². The first kappa shape index (κ1) is 7.10. The fourth-order valence-electron chi connectivity index (χ4n) is 1.25. The fraction of sp³-hybridized carbons (Fsp3) is 0. The number of hydrogen-bond donors (Lipinski definition) is 1. The third-order valence-electron chi connectivity index (χ3n) is 1.86. The highest BCUT2D eigenvalue weighted by atomic mass is 19.2. The van der Waals surface area contributed by atoms with E-state index in [4.69, 9.17) is 0 Å². The molecule has 0 unspecified atom stereocenters. The summed E-state index contributed by atoms with van der Waals surface area (Å²) in [7, 11) is 0. The molecule has 0 fully saturated rings. The van der Waals surface area contributed by atoms with Crippen LogP contribution in [0.15, 0.2) is 42.5 Å². The largest absolute Gasteiger partial charge is 0.225 e. The van der Waals surface area contributed by atoms with Gasteiger partial charge in [0.2, 0.25) is 0 Å². The molecule has 0 amide bonds. The molecule has 0 saturated carbocycles. The number of nitrogens with one attached hydrogen (secondary N) is 1. The van der Waals surface area contributed by atoms with Gasteiger partial charge in [0.25, 0.3) is 0 Å². The van der Waals surface area contributed by atoms with Crippen LogP contribution in [0.3, 0.4) is 0 Å². The molecule has 2 rings (SSSR count). The lowest BCUT2D eigenvalue weighted by Gasteiger charge is -1.99. The maximum Gasteiger partial charge on any atom is 0.0662 e. The number of fused-ring (bicyclic) bond motifs is 1. The first-order valence-electron chi connectivity index (χ1n) is 3.75. The van der Waals surface area contributed by atoms with Crippen molar-refractivity contribution in [3.63, 3.8) is 0 Å². The number of halogens is 1. The Morgan fingerprint density at radius 2 is 1.67 bits per heavy atom. The van der Waals surface area contributed by atoms with Crippen LogP contribution in [0.2, 0.25) is 0 Å². The third-order valence-corrected chi connectivity index (χ3v) is 1.86. The van der Waals surface area contributed by atoms with E-state index in [2.05, 4.69) is 0 Å². The van der Waals surface area contributed by atoms with Crippen molar-refractivity contribution >= 4 is 16.5 Å². The lowest BCUT2D eigenvalue weighted by molar-refractivity contribution is 0.618. The summed E-state index contributed by atoms with van der Waals surface area (Å²) in [5, 5.41) is 2.16. The Hall–Kier alpha value is -1.57. The molecule has 2 aromatic rings. The Balaban J connectivity index is 2.67. The molecule has 2 heteroatoms. The monoisotopic (exact) mass is 161 g/mol. The van der Waals surface area contributed by atoms with E-state index in [1.807, 2.05) is 30.3 Å². The molecule has 0 heterocycles. The highest BCUT2D eigenvalue weighted by Crippen LogP contribution is 2.18. The van der Waals surface area contributed by atoms with Crippen LogP contribution in [0, 0.1) is 0 Å². The van der Waals surface area contributed by atoms with E-state index in [1.54, 1.807) is 17.7 Å². The minimum atomic E-state index is 0.494. The maximum atomic E-state index is 12.0. The number of hydrogen-bond acceptors (Lipinski definition) is 1. The first-order valence-corrected chi connectivity index (χ1v) is 3.75. The van der Waals surface area contributed by atoms with Gasteiger partial charge in [-0.05, 0) is 22.9 Å². The normalized spacial score (nSPS) is 10.1. The number of rotatable bonds is 1. The van der Waals surface area contributed by atoms with E-state index in [9.17, 15) is 4.48 Å². The van der Waals surface area contributed by atoms with Crippen LogP contribution in [-0.4, -0.2) is 0 Å². The SMILES string of the molecule is FNc1ccc2ccccc2c1. The summed E-state index contributed by atoms with van der Waals surface area (Å²) in [5.74, 6) is 0. The summed E-state index contributed by atoms with van der Waals surface area (Å²) in [6, 6.07) is 13.2. The average Bonchev–Trinajstić information content (AvgIpc) is 2.17. The first-order chi connectivity index (χ1) is 5.90. The van der Waals surface area contributed by atoms with Gasteiger partial charge in [0, 0.05) is 0 Å². The lowest BCUT2D eigenvalue weighted by Crippen LogP contribution is -1.80. The predicted molar refractivity (Wildman–Crippen MR) is 48.7 cm³/mol. The van der Waals surface area contributed by atoms with Gasteiger partial charge in [0.05, 0.1) is 5.69 Å². The standard InChI is InChI=1S/C10H8FN/c11-12-10-6-5-8-3-1-2-4-9(8)7-10/h1-7,12H. The molecule has 0 aliphatic rings. The molecule has 12 heavy (non-hydrogen) atoms. The quantitative estimate of drug-likeness (QED) is 0.633. The van der Waals surface area contributed by atoms with Gasteiger partial charge in [-0.25, -0.2) is 5.54 Å². The van der Waals surface area contributed by atoms with Crippen molar-refractivity contribution in [2.45, 2.75) is 0 Å². The van der Waals surface area contributed by atoms with Gasteiger partial charge in [-0.2, -0.15) is 0 Å². The zero-order valence-electron chi connectivity index (χ0n) is 6.42. The third kappa shape index (κ3) is 1.11. The molecule has 0 atom stereocenters. The predicted octanol–water partition coefficient (Wildman–Crippen LogP) is 3.14. The zero-order valence-corrected chi connectivity index (χ0v) is 6.42. The van der Waals surface area contributed by atoms with Crippen molar-refractivity contribution < 1.29 is 4.48 Å². The van der Waals surface area contributed by atoms with Gasteiger partial charge in [0.1, 0.15) is 0 Å². The van der Waals surface area contributed by atoms with Gasteiger partial charge in [-0.3, -0.25) is 0 Å². The fourth-order valence-corrected chi connectivity index (χ4v) is 1.25. The molecule has 0 radical (unpaired) electrons. The Morgan fingerprint density at radius 3 is 2.42 bits per heavy atom. The molecule has 0 aromatic heterocycles. The molecule has 0 bridgehead atoms. The van der Waals surface area contributed by atoms with Gasteiger partial charge >= 0.3 is 0 Å². The number of benzene rings is 2. The topological polar surface area (TPSA) is 12.0 Å². The molecular formula is C10H8FN. The minimum Gasteiger partial charge on any atom is -0.225 e. The van der Waals surface area contributed by atoms with Crippen molar-refractivity contribution in [1.29, 1.82) is 0 Å². The van der Waals surface area contributed by atoms with Crippen LogP contribution in [0.1, 0.15) is 0 Å². The van der Waals surface area contributed by atoms with Crippen LogP contribution in [0.25, 0.3) is 10.8 Å². The van der Waals surface area contributed by atoms with Gasteiger partial charge in [0.15, 0.2) is 0 Å². The smallest absolute Gasteiger partial charge is 0.0662 e. The summed E-state index contributed by atoms with van der Waals surface area (Å²) >= 11 is 0. The van der Waals surface area contributed by atoms with Crippen molar-refractivity contribution in [1.82, 2.24) is 0 Å². The summed E-state index contributed by atoms with van der Waals surface area (Å²) in [6.45, 7) is 0. The van der Waals surface area contributed by atoms with Crippen LogP contribution >= 0.6 is 0 Å². The summed E-state index contributed by atoms with van der Waals surface area (Å²) < 4.78 is 12.0. The van der Waals surface area contributed by atoms with E-state index in [0.717, 1.165) is 10.8 Å². The molecule has 0 spiro atoms. The highest BCUT2D eigenvalue weighted by Gasteiger charge is 1.93. The lowest BCUT2D eigenvalue weighted by atomic mass is 10.1. The second-order valence-electron chi connectivity index (χ2n) is 2.66. The Labute approximate surface area is 69.8 Å². The van der Waals surface area contributed by atoms with E-state index in [0.29, 0.717) is 5.69 Å². The second kappa shape index (κ2) is 2.81. The summed E-state index contributed by atoms with van der Waals surface area (Å²) in [6.07, 6.45) is 0. The molecular weight excluding hydrogens is 153 g/mol. The molecule has 0 saturated heterocycles. The molecule has 1 N–H and O–H groups in total. The highest BCUT2D eigenvalue weighted by molar-refractivity contribution is 5.85. The minimum absolute atomic E-state index is 0.494. The second-order valence-corrected chi connectivity index (χ2v) is 2.66. The summed E-state index contributed by atoms with van der Waals surface area (Å²) in [5.41, 5.74) is 2.11. The van der Waals surface area contributed by atoms with Crippen molar-refractivity contribution in [3.05, 3.63) is 42.5 Å². The maximum absolute atomic E-state index is 12.0. The zero-order chi connectivity index (χ0) is 8.39.